The number of hydrogen-bond donors (Lipinski definition) is 1. The molecular weight excluding hydrogens is 157 g/mol. The number of alkyl halides is 1. The quantitative estimate of drug-likeness (QED) is 0.638. The summed E-state index contributed by atoms with van der Waals surface area (Å²) in [4.78, 5) is 2.15. The van der Waals surface area contributed by atoms with E-state index in [4.69, 9.17) is 0 Å². The molecule has 2 fully saturated rings. The van der Waals surface area contributed by atoms with Gasteiger partial charge in [-0.3, -0.25) is 4.90 Å². The second kappa shape index (κ2) is 2.67. The van der Waals surface area contributed by atoms with Gasteiger partial charge in [-0.2, -0.15) is 0 Å². The standard InChI is InChI=1S/C9H16FNO/c1-7-2-3-9(6-12)4-8(10)5-11(7)9/h7-8,12H,2-6H2,1H3/t7?,8-,9?/m0/s1. The largest absolute Gasteiger partial charge is 0.394 e. The van der Waals surface area contributed by atoms with Crippen molar-refractivity contribution in [1.82, 2.24) is 4.90 Å². The zero-order chi connectivity index (χ0) is 8.77. The molecule has 0 bridgehead atoms. The molecule has 2 aliphatic heterocycles. The average molecular weight is 173 g/mol. The molecule has 0 aromatic rings. The molecule has 0 radical (unpaired) electrons. The molecule has 0 aromatic carbocycles. The number of aliphatic hydroxyl groups is 1. The third kappa shape index (κ3) is 0.995. The minimum absolute atomic E-state index is 0.123. The first-order valence-electron chi connectivity index (χ1n) is 4.70. The van der Waals surface area contributed by atoms with E-state index in [1.165, 1.54) is 0 Å². The van der Waals surface area contributed by atoms with E-state index in [9.17, 15) is 9.50 Å². The first kappa shape index (κ1) is 8.45. The Morgan fingerprint density at radius 2 is 2.42 bits per heavy atom. The van der Waals surface area contributed by atoms with Crippen LogP contribution in [0.15, 0.2) is 0 Å². The molecule has 2 unspecified atom stereocenters. The van der Waals surface area contributed by atoms with E-state index in [0.29, 0.717) is 19.0 Å². The van der Waals surface area contributed by atoms with E-state index in [-0.39, 0.29) is 12.1 Å². The minimum Gasteiger partial charge on any atom is -0.394 e. The molecule has 2 heterocycles. The van der Waals surface area contributed by atoms with Crippen molar-refractivity contribution in [2.75, 3.05) is 13.2 Å². The molecule has 0 aromatic heterocycles. The average Bonchev–Trinajstić information content (AvgIpc) is 2.51. The number of halogens is 1. The molecular formula is C9H16FNO. The predicted octanol–water partition coefficient (Wildman–Crippen LogP) is 0.944. The van der Waals surface area contributed by atoms with Crippen LogP contribution >= 0.6 is 0 Å². The van der Waals surface area contributed by atoms with Gasteiger partial charge in [0.1, 0.15) is 6.17 Å². The minimum atomic E-state index is -0.722. The number of aliphatic hydroxyl groups excluding tert-OH is 1. The molecule has 0 amide bonds. The highest BCUT2D eigenvalue weighted by atomic mass is 19.1. The molecule has 1 N–H and O–H groups in total. The number of nitrogens with zero attached hydrogens (tertiary/aromatic N) is 1. The Morgan fingerprint density at radius 1 is 1.67 bits per heavy atom. The third-order valence-electron chi connectivity index (χ3n) is 3.46. The lowest BCUT2D eigenvalue weighted by Gasteiger charge is -2.31. The smallest absolute Gasteiger partial charge is 0.115 e. The maximum atomic E-state index is 13.1. The Hall–Kier alpha value is -0.150. The van der Waals surface area contributed by atoms with Gasteiger partial charge < -0.3 is 5.11 Å². The fourth-order valence-electron chi connectivity index (χ4n) is 2.76. The molecule has 0 aliphatic carbocycles. The van der Waals surface area contributed by atoms with Crippen LogP contribution in [0.1, 0.15) is 26.2 Å². The fourth-order valence-corrected chi connectivity index (χ4v) is 2.76. The topological polar surface area (TPSA) is 23.5 Å². The van der Waals surface area contributed by atoms with Crippen LogP contribution in [-0.4, -0.2) is 40.9 Å². The van der Waals surface area contributed by atoms with Gasteiger partial charge in [-0.05, 0) is 19.8 Å². The summed E-state index contributed by atoms with van der Waals surface area (Å²) in [6.07, 6.45) is 1.88. The molecule has 3 atom stereocenters. The molecule has 2 nitrogen and oxygen atoms in total. The molecule has 2 saturated heterocycles. The summed E-state index contributed by atoms with van der Waals surface area (Å²) in [5, 5.41) is 9.25. The van der Waals surface area contributed by atoms with E-state index in [1.807, 2.05) is 0 Å². The lowest BCUT2D eigenvalue weighted by atomic mass is 9.95. The highest BCUT2D eigenvalue weighted by molar-refractivity contribution is 5.05. The van der Waals surface area contributed by atoms with E-state index in [0.717, 1.165) is 12.8 Å². The molecule has 2 rings (SSSR count). The van der Waals surface area contributed by atoms with E-state index >= 15 is 0 Å². The number of fused-ring (bicyclic) bond motifs is 1. The van der Waals surface area contributed by atoms with Crippen LogP contribution in [0.3, 0.4) is 0 Å². The summed E-state index contributed by atoms with van der Waals surface area (Å²) >= 11 is 0. The van der Waals surface area contributed by atoms with Crippen molar-refractivity contribution in [1.29, 1.82) is 0 Å². The Morgan fingerprint density at radius 3 is 3.00 bits per heavy atom. The Kier molecular flexibility index (Phi) is 1.88. The Labute approximate surface area is 72.4 Å². The van der Waals surface area contributed by atoms with Crippen molar-refractivity contribution in [2.45, 2.75) is 43.9 Å². The first-order chi connectivity index (χ1) is 5.68. The summed E-state index contributed by atoms with van der Waals surface area (Å²) in [6, 6.07) is 0.456. The van der Waals surface area contributed by atoms with Crippen molar-refractivity contribution in [3.63, 3.8) is 0 Å². The van der Waals surface area contributed by atoms with Crippen LogP contribution in [0, 0.1) is 0 Å². The highest BCUT2D eigenvalue weighted by Crippen LogP contribution is 2.42. The van der Waals surface area contributed by atoms with Gasteiger partial charge in [0.25, 0.3) is 0 Å². The zero-order valence-corrected chi connectivity index (χ0v) is 7.46. The summed E-state index contributed by atoms with van der Waals surface area (Å²) in [5.41, 5.74) is -0.196. The van der Waals surface area contributed by atoms with Crippen LogP contribution in [-0.2, 0) is 0 Å². The second-order valence-corrected chi connectivity index (χ2v) is 4.22. The van der Waals surface area contributed by atoms with Gasteiger partial charge in [0, 0.05) is 24.5 Å². The van der Waals surface area contributed by atoms with Crippen molar-refractivity contribution >= 4 is 0 Å². The first-order valence-corrected chi connectivity index (χ1v) is 4.70. The van der Waals surface area contributed by atoms with Gasteiger partial charge in [-0.15, -0.1) is 0 Å². The van der Waals surface area contributed by atoms with E-state index in [1.54, 1.807) is 0 Å². The summed E-state index contributed by atoms with van der Waals surface area (Å²) in [6.45, 7) is 2.77. The second-order valence-electron chi connectivity index (χ2n) is 4.22. The van der Waals surface area contributed by atoms with Crippen LogP contribution in [0.5, 0.6) is 0 Å². The van der Waals surface area contributed by atoms with Gasteiger partial charge in [0.05, 0.1) is 6.61 Å². The van der Waals surface area contributed by atoms with E-state index in [2.05, 4.69) is 11.8 Å². The summed E-state index contributed by atoms with van der Waals surface area (Å²) in [7, 11) is 0. The van der Waals surface area contributed by atoms with Gasteiger partial charge in [0.2, 0.25) is 0 Å². The van der Waals surface area contributed by atoms with E-state index < -0.39 is 6.17 Å². The van der Waals surface area contributed by atoms with Crippen LogP contribution in [0.25, 0.3) is 0 Å². The van der Waals surface area contributed by atoms with Gasteiger partial charge in [0.15, 0.2) is 0 Å². The summed E-state index contributed by atoms with van der Waals surface area (Å²) < 4.78 is 13.1. The van der Waals surface area contributed by atoms with Gasteiger partial charge >= 0.3 is 0 Å². The lowest BCUT2D eigenvalue weighted by molar-refractivity contribution is 0.0818. The van der Waals surface area contributed by atoms with Gasteiger partial charge in [-0.25, -0.2) is 4.39 Å². The maximum Gasteiger partial charge on any atom is 0.115 e. The van der Waals surface area contributed by atoms with Crippen molar-refractivity contribution in [2.24, 2.45) is 0 Å². The molecule has 12 heavy (non-hydrogen) atoms. The monoisotopic (exact) mass is 173 g/mol. The van der Waals surface area contributed by atoms with Crippen molar-refractivity contribution < 1.29 is 9.50 Å². The fraction of sp³-hybridized carbons (Fsp3) is 1.00. The highest BCUT2D eigenvalue weighted by Gasteiger charge is 2.50. The zero-order valence-electron chi connectivity index (χ0n) is 7.46. The summed E-state index contributed by atoms with van der Waals surface area (Å²) in [5.74, 6) is 0. The molecule has 0 saturated carbocycles. The number of hydrogen-bond acceptors (Lipinski definition) is 2. The molecule has 2 aliphatic rings. The molecule has 0 spiro atoms. The predicted molar refractivity (Wildman–Crippen MR) is 44.7 cm³/mol. The normalized spacial score (nSPS) is 48.2. The maximum absolute atomic E-state index is 13.1. The van der Waals surface area contributed by atoms with Crippen molar-refractivity contribution in [3.05, 3.63) is 0 Å². The Balaban J connectivity index is 2.19. The number of rotatable bonds is 1. The van der Waals surface area contributed by atoms with Gasteiger partial charge in [-0.1, -0.05) is 0 Å². The lowest BCUT2D eigenvalue weighted by Crippen LogP contribution is -2.44. The third-order valence-corrected chi connectivity index (χ3v) is 3.46. The Bertz CT molecular complexity index is 187. The van der Waals surface area contributed by atoms with Crippen LogP contribution in [0.4, 0.5) is 4.39 Å². The molecule has 70 valence electrons. The van der Waals surface area contributed by atoms with Crippen LogP contribution in [0.2, 0.25) is 0 Å². The van der Waals surface area contributed by atoms with Crippen LogP contribution < -0.4 is 0 Å². The SMILES string of the molecule is CC1CCC2(CO)C[C@H](F)CN12. The molecule has 3 heteroatoms. The van der Waals surface area contributed by atoms with Crippen molar-refractivity contribution in [3.8, 4) is 0 Å².